The predicted molar refractivity (Wildman–Crippen MR) is 135 cm³/mol. The zero-order chi connectivity index (χ0) is 25.3. The van der Waals surface area contributed by atoms with E-state index in [4.69, 9.17) is 4.74 Å². The van der Waals surface area contributed by atoms with Gasteiger partial charge in [-0.2, -0.15) is 0 Å². The molecule has 5 rings (SSSR count). The number of hydrogen-bond acceptors (Lipinski definition) is 5. The smallest absolute Gasteiger partial charge is 0.323 e. The van der Waals surface area contributed by atoms with Crippen molar-refractivity contribution in [2.45, 2.75) is 13.8 Å². The molecule has 3 aromatic rings. The topological polar surface area (TPSA) is 95.4 Å². The molecule has 1 fully saturated rings. The molecule has 184 valence electrons. The van der Waals surface area contributed by atoms with Crippen molar-refractivity contribution in [2.24, 2.45) is 5.41 Å². The summed E-state index contributed by atoms with van der Waals surface area (Å²) < 4.78 is 19.8. The molecule has 3 heterocycles. The average molecular weight is 488 g/mol. The fourth-order valence-electron chi connectivity index (χ4n) is 4.00. The molecule has 2 aliphatic rings. The van der Waals surface area contributed by atoms with Crippen LogP contribution >= 0.6 is 0 Å². The first-order valence-corrected chi connectivity index (χ1v) is 11.6. The quantitative estimate of drug-likeness (QED) is 0.436. The molecule has 1 atom stereocenters. The Kier molecular flexibility index (Phi) is 6.05. The summed E-state index contributed by atoms with van der Waals surface area (Å²) in [6, 6.07) is 14.3. The van der Waals surface area contributed by atoms with Crippen LogP contribution in [0.1, 0.15) is 18.2 Å². The number of hydrogen-bond donors (Lipinski definition) is 3. The Morgan fingerprint density at radius 3 is 2.58 bits per heavy atom. The number of carbonyl (C=O) groups excluding carboxylic acids is 2. The lowest BCUT2D eigenvalue weighted by Crippen LogP contribution is -2.35. The second-order valence-electron chi connectivity index (χ2n) is 9.19. The number of nitrogens with one attached hydrogen (secondary N) is 3. The fourth-order valence-corrected chi connectivity index (χ4v) is 4.00. The van der Waals surface area contributed by atoms with Crippen molar-refractivity contribution in [3.63, 3.8) is 0 Å². The van der Waals surface area contributed by atoms with Gasteiger partial charge < -0.3 is 25.6 Å². The molecule has 2 aliphatic heterocycles. The lowest BCUT2D eigenvalue weighted by molar-refractivity contribution is -0.132. The van der Waals surface area contributed by atoms with Crippen molar-refractivity contribution < 1.29 is 18.7 Å². The standard InChI is InChI=1S/C27H26FN5O3/c1-17-3-8-21(28)22(13-17)32-26(35)31-18-4-6-19(7-5-18)36-20-9-10-29-23(14-20)24-15-27(2,16-30-24)25(34)33-11-12-33/h3-10,13-15,30H,11-12,16H2,1-2H3,(H2,31,32,35). The van der Waals surface area contributed by atoms with E-state index in [0.29, 0.717) is 29.4 Å². The summed E-state index contributed by atoms with van der Waals surface area (Å²) in [4.78, 5) is 31.1. The van der Waals surface area contributed by atoms with Crippen molar-refractivity contribution >= 4 is 29.0 Å². The van der Waals surface area contributed by atoms with Crippen LogP contribution in [0.5, 0.6) is 11.5 Å². The molecule has 0 radical (unpaired) electrons. The van der Waals surface area contributed by atoms with Gasteiger partial charge in [0.25, 0.3) is 0 Å². The van der Waals surface area contributed by atoms with Crippen molar-refractivity contribution in [3.8, 4) is 11.5 Å². The Bertz CT molecular complexity index is 1350. The first-order chi connectivity index (χ1) is 17.3. The lowest BCUT2D eigenvalue weighted by atomic mass is 9.91. The van der Waals surface area contributed by atoms with Gasteiger partial charge in [-0.15, -0.1) is 0 Å². The SMILES string of the molecule is Cc1ccc(F)c(NC(=O)Nc2ccc(Oc3ccnc(C4=CC(C)(C(=O)N5CC5)CN4)c3)cc2)c1. The van der Waals surface area contributed by atoms with E-state index in [1.807, 2.05) is 30.9 Å². The Labute approximate surface area is 208 Å². The molecule has 1 unspecified atom stereocenters. The second-order valence-corrected chi connectivity index (χ2v) is 9.19. The van der Waals surface area contributed by atoms with E-state index in [0.717, 1.165) is 24.4 Å². The maximum atomic E-state index is 13.9. The molecule has 0 aliphatic carbocycles. The van der Waals surface area contributed by atoms with E-state index in [1.54, 1.807) is 48.7 Å². The molecule has 9 heteroatoms. The summed E-state index contributed by atoms with van der Waals surface area (Å²) in [6.07, 6.45) is 3.59. The summed E-state index contributed by atoms with van der Waals surface area (Å²) >= 11 is 0. The van der Waals surface area contributed by atoms with Crippen LogP contribution in [-0.2, 0) is 4.79 Å². The molecular formula is C27H26FN5O3. The number of aryl methyl sites for hydroxylation is 1. The maximum absolute atomic E-state index is 13.9. The Balaban J connectivity index is 1.21. The summed E-state index contributed by atoms with van der Waals surface area (Å²) in [5.41, 5.74) is 2.39. The molecule has 0 spiro atoms. The van der Waals surface area contributed by atoms with Gasteiger partial charge in [0, 0.05) is 37.6 Å². The largest absolute Gasteiger partial charge is 0.457 e. The Hall–Kier alpha value is -4.40. The number of rotatable bonds is 6. The molecular weight excluding hydrogens is 461 g/mol. The van der Waals surface area contributed by atoms with E-state index in [1.165, 1.54) is 6.07 Å². The van der Waals surface area contributed by atoms with Gasteiger partial charge in [0.1, 0.15) is 17.3 Å². The third kappa shape index (κ3) is 5.14. The molecule has 0 saturated carbocycles. The van der Waals surface area contributed by atoms with Gasteiger partial charge in [0.2, 0.25) is 5.91 Å². The van der Waals surface area contributed by atoms with Gasteiger partial charge in [-0.3, -0.25) is 9.78 Å². The number of ether oxygens (including phenoxy) is 1. The zero-order valence-electron chi connectivity index (χ0n) is 20.0. The number of carbonyl (C=O) groups is 2. The molecule has 1 saturated heterocycles. The highest BCUT2D eigenvalue weighted by Crippen LogP contribution is 2.33. The molecule has 3 N–H and O–H groups in total. The predicted octanol–water partition coefficient (Wildman–Crippen LogP) is 4.76. The van der Waals surface area contributed by atoms with Gasteiger partial charge in [-0.1, -0.05) is 6.07 Å². The Morgan fingerprint density at radius 1 is 1.06 bits per heavy atom. The third-order valence-corrected chi connectivity index (χ3v) is 6.06. The van der Waals surface area contributed by atoms with E-state index >= 15 is 0 Å². The van der Waals surface area contributed by atoms with Crippen LogP contribution in [0, 0.1) is 18.2 Å². The van der Waals surface area contributed by atoms with E-state index in [-0.39, 0.29) is 11.6 Å². The number of pyridine rings is 1. The first-order valence-electron chi connectivity index (χ1n) is 11.6. The summed E-state index contributed by atoms with van der Waals surface area (Å²) in [5, 5.41) is 8.48. The van der Waals surface area contributed by atoms with E-state index in [2.05, 4.69) is 20.9 Å². The van der Waals surface area contributed by atoms with Gasteiger partial charge in [0.05, 0.1) is 22.5 Å². The van der Waals surface area contributed by atoms with Crippen LogP contribution in [-0.4, -0.2) is 41.5 Å². The summed E-state index contributed by atoms with van der Waals surface area (Å²) in [5.74, 6) is 0.778. The molecule has 2 aromatic carbocycles. The molecule has 36 heavy (non-hydrogen) atoms. The number of amides is 3. The Morgan fingerprint density at radius 2 is 1.83 bits per heavy atom. The number of nitrogens with zero attached hydrogens (tertiary/aromatic N) is 2. The maximum Gasteiger partial charge on any atom is 0.323 e. The molecule has 8 nitrogen and oxygen atoms in total. The van der Waals surface area contributed by atoms with E-state index < -0.39 is 17.3 Å². The minimum Gasteiger partial charge on any atom is -0.457 e. The monoisotopic (exact) mass is 487 g/mol. The number of urea groups is 1. The van der Waals surface area contributed by atoms with Crippen LogP contribution < -0.4 is 20.7 Å². The van der Waals surface area contributed by atoms with E-state index in [9.17, 15) is 14.0 Å². The van der Waals surface area contributed by atoms with Gasteiger partial charge in [-0.05, 0) is 68.0 Å². The van der Waals surface area contributed by atoms with Gasteiger partial charge in [0.15, 0.2) is 0 Å². The second kappa shape index (κ2) is 9.33. The van der Waals surface area contributed by atoms with Crippen LogP contribution in [0.4, 0.5) is 20.6 Å². The fraction of sp³-hybridized carbons (Fsp3) is 0.222. The van der Waals surface area contributed by atoms with Crippen molar-refractivity contribution in [1.29, 1.82) is 0 Å². The number of benzene rings is 2. The highest BCUT2D eigenvalue weighted by Gasteiger charge is 2.42. The lowest BCUT2D eigenvalue weighted by Gasteiger charge is -2.19. The van der Waals surface area contributed by atoms with Crippen LogP contribution in [0.3, 0.4) is 0 Å². The highest BCUT2D eigenvalue weighted by molar-refractivity contribution is 5.99. The summed E-state index contributed by atoms with van der Waals surface area (Å²) in [7, 11) is 0. The molecule has 3 amide bonds. The van der Waals surface area contributed by atoms with Crippen LogP contribution in [0.15, 0.2) is 66.9 Å². The number of anilines is 2. The van der Waals surface area contributed by atoms with Crippen molar-refractivity contribution in [3.05, 3.63) is 83.9 Å². The van der Waals surface area contributed by atoms with Gasteiger partial charge >= 0.3 is 6.03 Å². The zero-order valence-corrected chi connectivity index (χ0v) is 20.0. The highest BCUT2D eigenvalue weighted by atomic mass is 19.1. The van der Waals surface area contributed by atoms with Crippen molar-refractivity contribution in [1.82, 2.24) is 15.2 Å². The minimum absolute atomic E-state index is 0.113. The van der Waals surface area contributed by atoms with Crippen LogP contribution in [0.2, 0.25) is 0 Å². The summed E-state index contributed by atoms with van der Waals surface area (Å²) in [6.45, 7) is 5.93. The third-order valence-electron chi connectivity index (χ3n) is 6.06. The molecule has 1 aromatic heterocycles. The van der Waals surface area contributed by atoms with Crippen molar-refractivity contribution in [2.75, 3.05) is 30.3 Å². The average Bonchev–Trinajstić information content (AvgIpc) is 3.63. The van der Waals surface area contributed by atoms with Gasteiger partial charge in [-0.25, -0.2) is 9.18 Å². The number of aromatic nitrogens is 1. The normalized spacial score (nSPS) is 18.2. The number of halogens is 1. The minimum atomic E-state index is -0.579. The first kappa shape index (κ1) is 23.3. The molecule has 0 bridgehead atoms. The van der Waals surface area contributed by atoms with Crippen LogP contribution in [0.25, 0.3) is 5.70 Å².